The number of hydrogen-bond donors (Lipinski definition) is 0. The molecule has 3 aromatic heterocycles. The first kappa shape index (κ1) is 17.4. The van der Waals surface area contributed by atoms with Crippen LogP contribution in [0.5, 0.6) is 0 Å². The fraction of sp³-hybridized carbons (Fsp3) is 0.200. The van der Waals surface area contributed by atoms with Crippen molar-refractivity contribution in [1.29, 1.82) is 0 Å². The number of hydrogen-bond acceptors (Lipinski definition) is 6. The first-order chi connectivity index (χ1) is 13.0. The van der Waals surface area contributed by atoms with E-state index in [1.54, 1.807) is 6.92 Å². The van der Waals surface area contributed by atoms with Gasteiger partial charge >= 0.3 is 5.97 Å². The second-order valence-corrected chi connectivity index (χ2v) is 7.21. The smallest absolute Gasteiger partial charge is 0.340 e. The van der Waals surface area contributed by atoms with Gasteiger partial charge in [0.15, 0.2) is 4.96 Å². The summed E-state index contributed by atoms with van der Waals surface area (Å²) < 4.78 is 6.99. The number of carbonyl (C=O) groups is 1. The molecule has 0 aliphatic rings. The van der Waals surface area contributed by atoms with E-state index in [0.717, 1.165) is 22.2 Å². The second-order valence-electron chi connectivity index (χ2n) is 6.37. The zero-order chi connectivity index (χ0) is 19.1. The molecule has 0 saturated heterocycles. The average Bonchev–Trinajstić information content (AvgIpc) is 3.01. The highest BCUT2D eigenvalue weighted by Crippen LogP contribution is 2.23. The summed E-state index contributed by atoms with van der Waals surface area (Å²) in [7, 11) is 0. The standard InChI is InChI=1S/C20H17N3O3S/c1-11-10-27-20-22-14(8-17(24)23(11)20)9-26-19(25)18-12(2)15-6-4-5-7-16(15)21-13(18)3/h4-8,10H,9H2,1-3H3. The Labute approximate surface area is 159 Å². The molecule has 4 rings (SSSR count). The Bertz CT molecular complexity index is 1260. The lowest BCUT2D eigenvalue weighted by molar-refractivity contribution is 0.0465. The summed E-state index contributed by atoms with van der Waals surface area (Å²) >= 11 is 1.38. The summed E-state index contributed by atoms with van der Waals surface area (Å²) in [6, 6.07) is 9.08. The molecule has 0 aliphatic carbocycles. The highest BCUT2D eigenvalue weighted by atomic mass is 32.1. The molecule has 0 radical (unpaired) electrons. The second kappa shape index (κ2) is 6.59. The summed E-state index contributed by atoms with van der Waals surface area (Å²) in [4.78, 5) is 34.4. The van der Waals surface area contributed by atoms with Crippen LogP contribution in [0.3, 0.4) is 0 Å². The fourth-order valence-electron chi connectivity index (χ4n) is 3.22. The van der Waals surface area contributed by atoms with E-state index in [4.69, 9.17) is 4.74 Å². The van der Waals surface area contributed by atoms with Gasteiger partial charge in [0.05, 0.1) is 22.5 Å². The van der Waals surface area contributed by atoms with Crippen molar-refractivity contribution in [3.8, 4) is 0 Å². The summed E-state index contributed by atoms with van der Waals surface area (Å²) in [5, 5.41) is 2.79. The maximum Gasteiger partial charge on any atom is 0.340 e. The largest absolute Gasteiger partial charge is 0.456 e. The Balaban J connectivity index is 1.64. The van der Waals surface area contributed by atoms with E-state index in [2.05, 4.69) is 9.97 Å². The molecule has 0 atom stereocenters. The first-order valence-corrected chi connectivity index (χ1v) is 9.33. The van der Waals surface area contributed by atoms with E-state index in [9.17, 15) is 9.59 Å². The van der Waals surface area contributed by atoms with E-state index in [1.165, 1.54) is 21.8 Å². The minimum absolute atomic E-state index is 0.0623. The first-order valence-electron chi connectivity index (χ1n) is 8.45. The molecule has 0 saturated carbocycles. The molecule has 1 aromatic carbocycles. The van der Waals surface area contributed by atoms with Gasteiger partial charge in [-0.2, -0.15) is 0 Å². The number of benzene rings is 1. The van der Waals surface area contributed by atoms with Crippen molar-refractivity contribution >= 4 is 33.2 Å². The molecular formula is C20H17N3O3S. The van der Waals surface area contributed by atoms with Crippen LogP contribution in [0.15, 0.2) is 40.5 Å². The van der Waals surface area contributed by atoms with Crippen LogP contribution in [-0.2, 0) is 11.3 Å². The van der Waals surface area contributed by atoms with Crippen molar-refractivity contribution in [3.05, 3.63) is 74.3 Å². The van der Waals surface area contributed by atoms with Gasteiger partial charge in [0.25, 0.3) is 5.56 Å². The van der Waals surface area contributed by atoms with Crippen LogP contribution in [0.2, 0.25) is 0 Å². The molecule has 4 aromatic rings. The van der Waals surface area contributed by atoms with Gasteiger partial charge < -0.3 is 4.74 Å². The monoisotopic (exact) mass is 379 g/mol. The summed E-state index contributed by atoms with van der Waals surface area (Å²) in [6.07, 6.45) is 0. The van der Waals surface area contributed by atoms with Crippen LogP contribution in [0.25, 0.3) is 15.9 Å². The van der Waals surface area contributed by atoms with Gasteiger partial charge in [-0.05, 0) is 32.4 Å². The number of aromatic nitrogens is 3. The third-order valence-electron chi connectivity index (χ3n) is 4.52. The number of thiazole rings is 1. The van der Waals surface area contributed by atoms with Crippen molar-refractivity contribution in [2.75, 3.05) is 0 Å². The van der Waals surface area contributed by atoms with Crippen LogP contribution < -0.4 is 5.56 Å². The van der Waals surface area contributed by atoms with Gasteiger partial charge in [-0.1, -0.05) is 18.2 Å². The fourth-order valence-corrected chi connectivity index (χ4v) is 4.11. The molecule has 136 valence electrons. The molecule has 0 N–H and O–H groups in total. The third-order valence-corrected chi connectivity index (χ3v) is 5.46. The van der Waals surface area contributed by atoms with Gasteiger partial charge in [-0.3, -0.25) is 14.2 Å². The molecule has 0 amide bonds. The van der Waals surface area contributed by atoms with Crippen molar-refractivity contribution in [1.82, 2.24) is 14.4 Å². The number of carbonyl (C=O) groups excluding carboxylic acids is 1. The number of ether oxygens (including phenoxy) is 1. The predicted octanol–water partition coefficient (Wildman–Crippen LogP) is 3.59. The van der Waals surface area contributed by atoms with E-state index in [-0.39, 0.29) is 12.2 Å². The lowest BCUT2D eigenvalue weighted by Crippen LogP contribution is -2.17. The number of para-hydroxylation sites is 1. The zero-order valence-electron chi connectivity index (χ0n) is 15.1. The van der Waals surface area contributed by atoms with E-state index < -0.39 is 5.97 Å². The van der Waals surface area contributed by atoms with E-state index >= 15 is 0 Å². The maximum atomic E-state index is 12.7. The lowest BCUT2D eigenvalue weighted by atomic mass is 10.0. The number of aryl methyl sites for hydroxylation is 3. The number of fused-ring (bicyclic) bond motifs is 2. The van der Waals surface area contributed by atoms with Crippen molar-refractivity contribution in [2.24, 2.45) is 0 Å². The summed E-state index contributed by atoms with van der Waals surface area (Å²) in [6.45, 7) is 5.47. The molecule has 0 spiro atoms. The van der Waals surface area contributed by atoms with Crippen molar-refractivity contribution < 1.29 is 9.53 Å². The summed E-state index contributed by atoms with van der Waals surface area (Å²) in [5.41, 5.74) is 3.85. The Morgan fingerprint density at radius 3 is 2.78 bits per heavy atom. The molecule has 0 unspecified atom stereocenters. The minimum Gasteiger partial charge on any atom is -0.456 e. The minimum atomic E-state index is -0.465. The van der Waals surface area contributed by atoms with E-state index in [0.29, 0.717) is 21.9 Å². The van der Waals surface area contributed by atoms with Gasteiger partial charge in [0.2, 0.25) is 0 Å². The highest BCUT2D eigenvalue weighted by Gasteiger charge is 2.18. The van der Waals surface area contributed by atoms with Crippen molar-refractivity contribution in [2.45, 2.75) is 27.4 Å². The molecular weight excluding hydrogens is 362 g/mol. The third kappa shape index (κ3) is 3.00. The van der Waals surface area contributed by atoms with Gasteiger partial charge in [0.1, 0.15) is 6.61 Å². The Morgan fingerprint density at radius 1 is 1.19 bits per heavy atom. The molecule has 0 fully saturated rings. The summed E-state index contributed by atoms with van der Waals surface area (Å²) in [5.74, 6) is -0.465. The quantitative estimate of drug-likeness (QED) is 0.509. The van der Waals surface area contributed by atoms with Crippen molar-refractivity contribution in [3.63, 3.8) is 0 Å². The average molecular weight is 379 g/mol. The van der Waals surface area contributed by atoms with Gasteiger partial charge in [-0.25, -0.2) is 9.78 Å². The Kier molecular flexibility index (Phi) is 4.24. The van der Waals surface area contributed by atoms with Crippen LogP contribution in [-0.4, -0.2) is 20.3 Å². The predicted molar refractivity (Wildman–Crippen MR) is 104 cm³/mol. The molecule has 6 nitrogen and oxygen atoms in total. The Hall–Kier alpha value is -3.06. The van der Waals surface area contributed by atoms with E-state index in [1.807, 2.05) is 43.5 Å². The number of nitrogens with zero attached hydrogens (tertiary/aromatic N) is 3. The maximum absolute atomic E-state index is 12.7. The van der Waals surface area contributed by atoms with Crippen LogP contribution in [0, 0.1) is 20.8 Å². The topological polar surface area (TPSA) is 73.6 Å². The molecule has 0 bridgehead atoms. The normalized spacial score (nSPS) is 11.2. The van der Waals surface area contributed by atoms with Crippen LogP contribution in [0.1, 0.15) is 33.0 Å². The van der Waals surface area contributed by atoms with Gasteiger partial charge in [0, 0.05) is 22.5 Å². The molecule has 7 heteroatoms. The highest BCUT2D eigenvalue weighted by molar-refractivity contribution is 7.15. The molecule has 27 heavy (non-hydrogen) atoms. The molecule has 3 heterocycles. The Morgan fingerprint density at radius 2 is 1.96 bits per heavy atom. The SMILES string of the molecule is Cc1nc2ccccc2c(C)c1C(=O)OCc1cc(=O)n2c(C)csc2n1. The molecule has 0 aliphatic heterocycles. The van der Waals surface area contributed by atoms with Gasteiger partial charge in [-0.15, -0.1) is 11.3 Å². The number of pyridine rings is 1. The number of rotatable bonds is 3. The lowest BCUT2D eigenvalue weighted by Gasteiger charge is -2.12. The van der Waals surface area contributed by atoms with Crippen LogP contribution >= 0.6 is 11.3 Å². The zero-order valence-corrected chi connectivity index (χ0v) is 16.0. The number of esters is 1. The van der Waals surface area contributed by atoms with Crippen LogP contribution in [0.4, 0.5) is 0 Å².